The van der Waals surface area contributed by atoms with Crippen molar-refractivity contribution >= 4 is 6.29 Å². The third-order valence-corrected chi connectivity index (χ3v) is 1.39. The zero-order valence-corrected chi connectivity index (χ0v) is 5.98. The molecule has 0 heterocycles. The van der Waals surface area contributed by atoms with Crippen LogP contribution in [-0.2, 0) is 11.2 Å². The second-order valence-electron chi connectivity index (χ2n) is 2.22. The Kier molecular flexibility index (Phi) is 2.47. The van der Waals surface area contributed by atoms with Gasteiger partial charge in [0, 0.05) is 24.1 Å². The molecule has 1 aromatic rings. The number of rotatable bonds is 2. The highest BCUT2D eigenvalue weighted by molar-refractivity contribution is 5.55. The van der Waals surface area contributed by atoms with Gasteiger partial charge >= 0.3 is 0 Å². The van der Waals surface area contributed by atoms with Crippen molar-refractivity contribution in [3.8, 4) is 0 Å². The Morgan fingerprint density at radius 1 is 1.17 bits per heavy atom. The molecule has 0 aliphatic rings. The molecule has 0 fully saturated rings. The number of hydrogen-bond acceptors (Lipinski definition) is 1. The van der Waals surface area contributed by atoms with Crippen molar-refractivity contribution in [2.24, 2.45) is 0 Å². The van der Waals surface area contributed by atoms with E-state index in [-0.39, 0.29) is 6.42 Å². The van der Waals surface area contributed by atoms with Crippen LogP contribution in [0.2, 0.25) is 0 Å². The van der Waals surface area contributed by atoms with Crippen molar-refractivity contribution < 1.29 is 18.0 Å². The second-order valence-corrected chi connectivity index (χ2v) is 2.22. The van der Waals surface area contributed by atoms with Gasteiger partial charge in [0.15, 0.2) is 0 Å². The fraction of sp³-hybridized carbons (Fsp3) is 0.125. The van der Waals surface area contributed by atoms with E-state index < -0.39 is 23.0 Å². The van der Waals surface area contributed by atoms with Gasteiger partial charge in [-0.3, -0.25) is 0 Å². The van der Waals surface area contributed by atoms with Crippen LogP contribution in [0.5, 0.6) is 0 Å². The normalized spacial score (nSPS) is 9.92. The lowest BCUT2D eigenvalue weighted by Crippen LogP contribution is -1.97. The molecule has 0 N–H and O–H groups in total. The van der Waals surface area contributed by atoms with Crippen LogP contribution in [0.3, 0.4) is 0 Å². The summed E-state index contributed by atoms with van der Waals surface area (Å²) in [6, 6.07) is 1.09. The van der Waals surface area contributed by atoms with E-state index in [0.717, 1.165) is 0 Å². The molecular weight excluding hydrogens is 169 g/mol. The SMILES string of the molecule is O=CCc1c(F)cc(F)cc1F. The van der Waals surface area contributed by atoms with Crippen molar-refractivity contribution in [3.63, 3.8) is 0 Å². The topological polar surface area (TPSA) is 17.1 Å². The summed E-state index contributed by atoms with van der Waals surface area (Å²) in [4.78, 5) is 9.94. The minimum absolute atomic E-state index is 0.361. The lowest BCUT2D eigenvalue weighted by molar-refractivity contribution is -0.107. The van der Waals surface area contributed by atoms with E-state index in [1.165, 1.54) is 0 Å². The van der Waals surface area contributed by atoms with Crippen molar-refractivity contribution in [2.75, 3.05) is 0 Å². The second kappa shape index (κ2) is 3.38. The van der Waals surface area contributed by atoms with E-state index in [0.29, 0.717) is 18.4 Å². The van der Waals surface area contributed by atoms with E-state index in [4.69, 9.17) is 0 Å². The quantitative estimate of drug-likeness (QED) is 0.625. The standard InChI is InChI=1S/C8H5F3O/c9-5-3-7(10)6(1-2-12)8(11)4-5/h2-4H,1H2. The molecule has 0 aliphatic heterocycles. The van der Waals surface area contributed by atoms with Crippen LogP contribution >= 0.6 is 0 Å². The summed E-state index contributed by atoms with van der Waals surface area (Å²) in [6.07, 6.45) is -0.0165. The highest BCUT2D eigenvalue weighted by Gasteiger charge is 2.09. The maximum absolute atomic E-state index is 12.7. The van der Waals surface area contributed by atoms with Gasteiger partial charge in [-0.15, -0.1) is 0 Å². The molecule has 1 aromatic carbocycles. The molecule has 4 heteroatoms. The summed E-state index contributed by atoms with van der Waals surface area (Å²) in [5, 5.41) is 0. The molecule has 0 aromatic heterocycles. The summed E-state index contributed by atoms with van der Waals surface area (Å²) >= 11 is 0. The van der Waals surface area contributed by atoms with Gasteiger partial charge in [0.05, 0.1) is 0 Å². The third kappa shape index (κ3) is 1.64. The smallest absolute Gasteiger partial charge is 0.132 e. The number of hydrogen-bond donors (Lipinski definition) is 0. The zero-order chi connectivity index (χ0) is 9.14. The Balaban J connectivity index is 3.18. The van der Waals surface area contributed by atoms with Crippen LogP contribution in [0.15, 0.2) is 12.1 Å². The van der Waals surface area contributed by atoms with E-state index in [1.807, 2.05) is 0 Å². The molecule has 0 spiro atoms. The van der Waals surface area contributed by atoms with Crippen molar-refractivity contribution in [2.45, 2.75) is 6.42 Å². The maximum Gasteiger partial charge on any atom is 0.132 e. The van der Waals surface area contributed by atoms with Gasteiger partial charge in [-0.05, 0) is 0 Å². The fourth-order valence-corrected chi connectivity index (χ4v) is 0.850. The lowest BCUT2D eigenvalue weighted by Gasteiger charge is -1.99. The van der Waals surface area contributed by atoms with Crippen LogP contribution in [-0.4, -0.2) is 6.29 Å². The molecule has 12 heavy (non-hydrogen) atoms. The van der Waals surface area contributed by atoms with Gasteiger partial charge in [0.2, 0.25) is 0 Å². The van der Waals surface area contributed by atoms with Crippen molar-refractivity contribution in [1.29, 1.82) is 0 Å². The van der Waals surface area contributed by atoms with Crippen LogP contribution in [0, 0.1) is 17.5 Å². The first kappa shape index (κ1) is 8.77. The van der Waals surface area contributed by atoms with Crippen molar-refractivity contribution in [3.05, 3.63) is 35.1 Å². The number of benzene rings is 1. The van der Waals surface area contributed by atoms with Gasteiger partial charge in [-0.25, -0.2) is 13.2 Å². The predicted octanol–water partition coefficient (Wildman–Crippen LogP) is 1.85. The first-order chi connectivity index (χ1) is 5.65. The zero-order valence-electron chi connectivity index (χ0n) is 5.98. The Hall–Kier alpha value is -1.32. The molecule has 0 radical (unpaired) electrons. The number of aldehydes is 1. The van der Waals surface area contributed by atoms with E-state index >= 15 is 0 Å². The molecule has 0 bridgehead atoms. The molecule has 64 valence electrons. The average Bonchev–Trinajstić information content (AvgIpc) is 1.96. The minimum Gasteiger partial charge on any atom is -0.303 e. The van der Waals surface area contributed by atoms with Crippen molar-refractivity contribution in [1.82, 2.24) is 0 Å². The third-order valence-electron chi connectivity index (χ3n) is 1.39. The Morgan fingerprint density at radius 3 is 2.08 bits per heavy atom. The van der Waals surface area contributed by atoms with Gasteiger partial charge in [0.1, 0.15) is 23.7 Å². The average molecular weight is 174 g/mol. The molecule has 0 saturated heterocycles. The van der Waals surface area contributed by atoms with E-state index in [1.54, 1.807) is 0 Å². The van der Waals surface area contributed by atoms with Gasteiger partial charge in [0.25, 0.3) is 0 Å². The summed E-state index contributed by atoms with van der Waals surface area (Å²) in [5.41, 5.74) is -0.397. The molecule has 0 unspecified atom stereocenters. The molecule has 0 atom stereocenters. The molecule has 1 nitrogen and oxygen atoms in total. The molecule has 1 rings (SSSR count). The highest BCUT2D eigenvalue weighted by atomic mass is 19.1. The summed E-state index contributed by atoms with van der Waals surface area (Å²) < 4.78 is 37.6. The number of carbonyl (C=O) groups is 1. The minimum atomic E-state index is -1.03. The molecule has 0 amide bonds. The number of carbonyl (C=O) groups excluding carboxylic acids is 1. The van der Waals surface area contributed by atoms with Gasteiger partial charge in [-0.1, -0.05) is 0 Å². The highest BCUT2D eigenvalue weighted by Crippen LogP contribution is 2.14. The Morgan fingerprint density at radius 2 is 1.67 bits per heavy atom. The lowest BCUT2D eigenvalue weighted by atomic mass is 10.1. The fourth-order valence-electron chi connectivity index (χ4n) is 0.850. The van der Waals surface area contributed by atoms with E-state index in [9.17, 15) is 18.0 Å². The largest absolute Gasteiger partial charge is 0.303 e. The Labute approximate surface area is 66.8 Å². The first-order valence-electron chi connectivity index (χ1n) is 3.22. The van der Waals surface area contributed by atoms with Crippen LogP contribution in [0.1, 0.15) is 5.56 Å². The monoisotopic (exact) mass is 174 g/mol. The predicted molar refractivity (Wildman–Crippen MR) is 36.1 cm³/mol. The van der Waals surface area contributed by atoms with E-state index in [2.05, 4.69) is 0 Å². The summed E-state index contributed by atoms with van der Waals surface area (Å²) in [5.74, 6) is -3.04. The molecule has 0 saturated carbocycles. The van der Waals surface area contributed by atoms with Crippen LogP contribution in [0.25, 0.3) is 0 Å². The summed E-state index contributed by atoms with van der Waals surface area (Å²) in [7, 11) is 0. The molecular formula is C8H5F3O. The van der Waals surface area contributed by atoms with Gasteiger partial charge in [-0.2, -0.15) is 0 Å². The molecule has 0 aliphatic carbocycles. The van der Waals surface area contributed by atoms with Gasteiger partial charge < -0.3 is 4.79 Å². The van der Waals surface area contributed by atoms with Crippen LogP contribution < -0.4 is 0 Å². The van der Waals surface area contributed by atoms with Crippen LogP contribution in [0.4, 0.5) is 13.2 Å². The summed E-state index contributed by atoms with van der Waals surface area (Å²) in [6.45, 7) is 0. The number of halogens is 3. The Bertz CT molecular complexity index is 286. The maximum atomic E-state index is 12.7. The first-order valence-corrected chi connectivity index (χ1v) is 3.22.